The number of aromatic nitrogens is 1. The second kappa shape index (κ2) is 8.53. The predicted octanol–water partition coefficient (Wildman–Crippen LogP) is 6.01. The van der Waals surface area contributed by atoms with Gasteiger partial charge in [-0.15, -0.1) is 0 Å². The van der Waals surface area contributed by atoms with Crippen LogP contribution in [0.15, 0.2) is 77.7 Å². The third-order valence-electron chi connectivity index (χ3n) is 5.74. The Labute approximate surface area is 198 Å². The van der Waals surface area contributed by atoms with Crippen LogP contribution in [0.1, 0.15) is 26.3 Å². The molecule has 0 amide bonds. The topological polar surface area (TPSA) is 99.7 Å². The molecule has 1 heterocycles. The maximum absolute atomic E-state index is 13.4. The number of nitrogens with one attached hydrogen (secondary N) is 1. The molecule has 0 fully saturated rings. The fraction of sp³-hybridized carbons (Fsp3) is 0.192. The summed E-state index contributed by atoms with van der Waals surface area (Å²) in [5.41, 5.74) is 3.30. The molecule has 4 rings (SSSR count). The summed E-state index contributed by atoms with van der Waals surface area (Å²) in [6, 6.07) is 21.2. The minimum atomic E-state index is -3.81. The second-order valence-corrected chi connectivity index (χ2v) is 11.0. The molecule has 8 heteroatoms. The molecule has 0 radical (unpaired) electrons. The third kappa shape index (κ3) is 4.36. The van der Waals surface area contributed by atoms with E-state index in [0.29, 0.717) is 22.2 Å². The number of carbonyl (C=O) groups is 1. The first kappa shape index (κ1) is 23.4. The van der Waals surface area contributed by atoms with Crippen molar-refractivity contribution in [3.05, 3.63) is 78.4 Å². The first-order chi connectivity index (χ1) is 16.0. The Kier molecular flexibility index (Phi) is 5.87. The van der Waals surface area contributed by atoms with E-state index in [9.17, 15) is 18.3 Å². The summed E-state index contributed by atoms with van der Waals surface area (Å²) in [4.78, 5) is 14.4. The highest BCUT2D eigenvalue weighted by atomic mass is 32.2. The zero-order valence-electron chi connectivity index (χ0n) is 19.4. The molecule has 0 aliphatic heterocycles. The second-order valence-electron chi connectivity index (χ2n) is 9.04. The zero-order chi connectivity index (χ0) is 24.7. The smallest absolute Gasteiger partial charge is 0.449 e. The predicted molar refractivity (Wildman–Crippen MR) is 133 cm³/mol. The maximum atomic E-state index is 13.4. The van der Waals surface area contributed by atoms with Gasteiger partial charge in [-0.05, 0) is 46.9 Å². The van der Waals surface area contributed by atoms with Crippen molar-refractivity contribution in [1.29, 1.82) is 0 Å². The van der Waals surface area contributed by atoms with Crippen molar-refractivity contribution in [3.63, 3.8) is 0 Å². The summed E-state index contributed by atoms with van der Waals surface area (Å²) in [5, 5.41) is 9.82. The van der Waals surface area contributed by atoms with Crippen LogP contribution in [0.2, 0.25) is 0 Å². The molecule has 0 aliphatic carbocycles. The van der Waals surface area contributed by atoms with E-state index in [0.717, 1.165) is 11.1 Å². The molecule has 34 heavy (non-hydrogen) atoms. The van der Waals surface area contributed by atoms with Crippen LogP contribution in [0.5, 0.6) is 5.88 Å². The summed E-state index contributed by atoms with van der Waals surface area (Å²) >= 11 is 0. The van der Waals surface area contributed by atoms with Crippen molar-refractivity contribution in [2.75, 3.05) is 11.4 Å². The Morgan fingerprint density at radius 3 is 2.21 bits per heavy atom. The van der Waals surface area contributed by atoms with E-state index in [1.807, 2.05) is 42.5 Å². The van der Waals surface area contributed by atoms with Crippen molar-refractivity contribution < 1.29 is 23.1 Å². The van der Waals surface area contributed by atoms with Crippen LogP contribution in [-0.2, 0) is 15.4 Å². The van der Waals surface area contributed by atoms with Crippen molar-refractivity contribution in [2.24, 2.45) is 0 Å². The number of fused-ring (bicyclic) bond motifs is 1. The van der Waals surface area contributed by atoms with Gasteiger partial charge in [-0.3, -0.25) is 4.31 Å². The molecule has 0 spiro atoms. The standard InChI is InChI=1S/C26H26N2O5S/c1-26(2,3)18-10-13-20(14-11-18)34(31,32)28(4)19-12-15-22-21(16-19)23(17-8-6-5-7-9-17)24(27-22)33-25(29)30/h5-16,27H,1-4H3,(H,29,30). The van der Waals surface area contributed by atoms with E-state index >= 15 is 0 Å². The van der Waals surface area contributed by atoms with Gasteiger partial charge >= 0.3 is 6.16 Å². The lowest BCUT2D eigenvalue weighted by Gasteiger charge is -2.22. The van der Waals surface area contributed by atoms with E-state index < -0.39 is 16.2 Å². The Morgan fingerprint density at radius 2 is 1.62 bits per heavy atom. The molecule has 0 bridgehead atoms. The van der Waals surface area contributed by atoms with Gasteiger partial charge in [-0.2, -0.15) is 0 Å². The van der Waals surface area contributed by atoms with Gasteiger partial charge < -0.3 is 14.8 Å². The number of aromatic amines is 1. The molecule has 0 saturated carbocycles. The summed E-state index contributed by atoms with van der Waals surface area (Å²) in [5.74, 6) is 0.0779. The van der Waals surface area contributed by atoms with Gasteiger partial charge in [0.15, 0.2) is 0 Å². The Bertz CT molecular complexity index is 1450. The van der Waals surface area contributed by atoms with E-state index in [1.54, 1.807) is 30.3 Å². The lowest BCUT2D eigenvalue weighted by atomic mass is 9.87. The maximum Gasteiger partial charge on any atom is 0.512 e. The molecular formula is C26H26N2O5S. The molecule has 0 aliphatic rings. The molecule has 2 N–H and O–H groups in total. The van der Waals surface area contributed by atoms with Crippen LogP contribution < -0.4 is 9.04 Å². The molecular weight excluding hydrogens is 452 g/mol. The quantitative estimate of drug-likeness (QED) is 0.342. The molecule has 0 atom stereocenters. The van der Waals surface area contributed by atoms with Crippen molar-refractivity contribution in [1.82, 2.24) is 4.98 Å². The largest absolute Gasteiger partial charge is 0.512 e. The number of rotatable bonds is 5. The number of carboxylic acid groups (broad SMARTS) is 1. The Morgan fingerprint density at radius 1 is 0.971 bits per heavy atom. The van der Waals surface area contributed by atoms with Crippen LogP contribution in [-0.4, -0.2) is 31.7 Å². The summed E-state index contributed by atoms with van der Waals surface area (Å²) < 4.78 is 32.9. The third-order valence-corrected chi connectivity index (χ3v) is 7.54. The molecule has 176 valence electrons. The van der Waals surface area contributed by atoms with Gasteiger partial charge in [0.1, 0.15) is 0 Å². The molecule has 3 aromatic carbocycles. The van der Waals surface area contributed by atoms with Gasteiger partial charge in [0.05, 0.1) is 16.1 Å². The van der Waals surface area contributed by atoms with Gasteiger partial charge in [-0.1, -0.05) is 63.2 Å². The van der Waals surface area contributed by atoms with Crippen LogP contribution in [0.4, 0.5) is 10.5 Å². The normalized spacial score (nSPS) is 12.0. The van der Waals surface area contributed by atoms with Crippen molar-refractivity contribution >= 4 is 32.8 Å². The van der Waals surface area contributed by atoms with E-state index in [1.165, 1.54) is 11.4 Å². The molecule has 1 aromatic heterocycles. The number of anilines is 1. The minimum Gasteiger partial charge on any atom is -0.449 e. The van der Waals surface area contributed by atoms with Crippen LogP contribution in [0.3, 0.4) is 0 Å². The van der Waals surface area contributed by atoms with E-state index in [-0.39, 0.29) is 16.2 Å². The number of hydrogen-bond donors (Lipinski definition) is 2. The number of ether oxygens (including phenoxy) is 1. The fourth-order valence-corrected chi connectivity index (χ4v) is 5.02. The number of H-pyrrole nitrogens is 1. The van der Waals surface area contributed by atoms with Gasteiger partial charge in [-0.25, -0.2) is 13.2 Å². The highest BCUT2D eigenvalue weighted by Crippen LogP contribution is 2.39. The number of benzene rings is 3. The Balaban J connectivity index is 1.79. The first-order valence-corrected chi connectivity index (χ1v) is 12.1. The van der Waals surface area contributed by atoms with E-state index in [2.05, 4.69) is 25.8 Å². The van der Waals surface area contributed by atoms with Crippen molar-refractivity contribution in [3.8, 4) is 17.0 Å². The van der Waals surface area contributed by atoms with Gasteiger partial charge in [0.25, 0.3) is 10.0 Å². The lowest BCUT2D eigenvalue weighted by Crippen LogP contribution is -2.26. The SMILES string of the molecule is CN(c1ccc2[nH]c(OC(=O)O)c(-c3ccccc3)c2c1)S(=O)(=O)c1ccc(C(C)(C)C)cc1. The molecule has 4 aromatic rings. The van der Waals surface area contributed by atoms with Gasteiger partial charge in [0, 0.05) is 18.0 Å². The highest BCUT2D eigenvalue weighted by molar-refractivity contribution is 7.92. The highest BCUT2D eigenvalue weighted by Gasteiger charge is 2.24. The lowest BCUT2D eigenvalue weighted by molar-refractivity contribution is 0.143. The number of sulfonamides is 1. The minimum absolute atomic E-state index is 0.0779. The van der Waals surface area contributed by atoms with Crippen LogP contribution in [0.25, 0.3) is 22.0 Å². The number of hydrogen-bond acceptors (Lipinski definition) is 4. The average molecular weight is 479 g/mol. The Hall–Kier alpha value is -3.78. The van der Waals surface area contributed by atoms with E-state index in [4.69, 9.17) is 4.74 Å². The number of nitrogens with zero attached hydrogens (tertiary/aromatic N) is 1. The fourth-order valence-electron chi connectivity index (χ4n) is 3.83. The molecule has 0 saturated heterocycles. The van der Waals surface area contributed by atoms with Crippen molar-refractivity contribution in [2.45, 2.75) is 31.1 Å². The summed E-state index contributed by atoms with van der Waals surface area (Å²) in [6.07, 6.45) is -1.44. The summed E-state index contributed by atoms with van der Waals surface area (Å²) in [7, 11) is -2.32. The van der Waals surface area contributed by atoms with Crippen LogP contribution >= 0.6 is 0 Å². The summed E-state index contributed by atoms with van der Waals surface area (Å²) in [6.45, 7) is 6.21. The average Bonchev–Trinajstić information content (AvgIpc) is 3.14. The zero-order valence-corrected chi connectivity index (χ0v) is 20.2. The molecule has 0 unspecified atom stereocenters. The monoisotopic (exact) mass is 478 g/mol. The van der Waals surface area contributed by atoms with Crippen LogP contribution in [0, 0.1) is 0 Å². The van der Waals surface area contributed by atoms with Gasteiger partial charge in [0.2, 0.25) is 5.88 Å². The molecule has 7 nitrogen and oxygen atoms in total. The first-order valence-electron chi connectivity index (χ1n) is 10.7.